The normalized spacial score (nSPS) is 11.4. The van der Waals surface area contributed by atoms with E-state index in [0.29, 0.717) is 0 Å². The van der Waals surface area contributed by atoms with E-state index in [2.05, 4.69) is 240 Å². The van der Waals surface area contributed by atoms with Crippen molar-refractivity contribution >= 4 is 59.6 Å². The quantitative estimate of drug-likeness (QED) is 0.149. The second-order valence-electron chi connectivity index (χ2n) is 15.0. The molecule has 2 aromatic heterocycles. The largest absolute Gasteiger partial charge is 0.311 e. The van der Waals surface area contributed by atoms with Crippen molar-refractivity contribution in [2.75, 3.05) is 4.90 Å². The van der Waals surface area contributed by atoms with Gasteiger partial charge in [-0.3, -0.25) is 0 Å². The molecule has 0 aliphatic heterocycles. The second kappa shape index (κ2) is 14.8. The molecule has 0 aliphatic carbocycles. The molecule has 0 bridgehead atoms. The molecule has 278 valence electrons. The molecule has 0 unspecified atom stereocenters. The van der Waals surface area contributed by atoms with Crippen LogP contribution < -0.4 is 4.90 Å². The highest BCUT2D eigenvalue weighted by atomic mass is 32.1. The lowest BCUT2D eigenvalue weighted by atomic mass is 10.0. The number of thiophene rings is 1. The monoisotopic (exact) mass is 770 g/mol. The summed E-state index contributed by atoms with van der Waals surface area (Å²) in [4.78, 5) is 2.34. The number of rotatable bonds is 8. The highest BCUT2D eigenvalue weighted by molar-refractivity contribution is 7.26. The van der Waals surface area contributed by atoms with Gasteiger partial charge in [0.2, 0.25) is 0 Å². The first-order valence-corrected chi connectivity index (χ1v) is 20.9. The fourth-order valence-electron chi connectivity index (χ4n) is 8.47. The molecule has 3 heteroatoms. The Kier molecular flexibility index (Phi) is 8.72. The van der Waals surface area contributed by atoms with Gasteiger partial charge in [-0.25, -0.2) is 0 Å². The minimum absolute atomic E-state index is 1.10. The second-order valence-corrected chi connectivity index (χ2v) is 16.0. The van der Waals surface area contributed by atoms with E-state index in [1.807, 2.05) is 11.3 Å². The zero-order chi connectivity index (χ0) is 39.1. The molecule has 2 heterocycles. The fraction of sp³-hybridized carbons (Fsp3) is 0. The maximum Gasteiger partial charge on any atom is 0.0727 e. The Morgan fingerprint density at radius 3 is 1.20 bits per heavy atom. The molecule has 11 rings (SSSR count). The zero-order valence-corrected chi connectivity index (χ0v) is 33.1. The molecule has 9 aromatic carbocycles. The highest BCUT2D eigenvalue weighted by Crippen LogP contribution is 2.44. The zero-order valence-electron chi connectivity index (χ0n) is 32.2. The number of hydrogen-bond acceptors (Lipinski definition) is 2. The Bertz CT molecular complexity index is 3120. The summed E-state index contributed by atoms with van der Waals surface area (Å²) in [5.74, 6) is 0. The third kappa shape index (κ3) is 6.39. The summed E-state index contributed by atoms with van der Waals surface area (Å²) in [6.45, 7) is 0. The van der Waals surface area contributed by atoms with E-state index in [9.17, 15) is 0 Å². The summed E-state index contributed by atoms with van der Waals surface area (Å²) in [6.07, 6.45) is 0. The van der Waals surface area contributed by atoms with Gasteiger partial charge in [-0.1, -0.05) is 164 Å². The standard InChI is InChI=1S/C56H38N2S/c1-4-12-39(13-5-1)42-20-29-47(30-21-42)57(48-31-22-43(23-32-48)40-14-6-2-7-15-40)49-33-24-44(25-34-49)45-26-35-50(36-27-45)58-53-37-28-46(41-16-8-3-9-17-41)38-52(53)56-55(58)51-18-10-11-19-54(51)59-56/h1-38H. The van der Waals surface area contributed by atoms with E-state index in [0.717, 1.165) is 22.7 Å². The Labute approximate surface area is 348 Å². The summed E-state index contributed by atoms with van der Waals surface area (Å²) >= 11 is 1.89. The number of nitrogens with zero attached hydrogens (tertiary/aromatic N) is 2. The summed E-state index contributed by atoms with van der Waals surface area (Å²) in [6, 6.07) is 83.3. The summed E-state index contributed by atoms with van der Waals surface area (Å²) in [7, 11) is 0. The molecule has 11 aromatic rings. The Hall–Kier alpha value is -7.46. The lowest BCUT2D eigenvalue weighted by Crippen LogP contribution is -2.09. The van der Waals surface area contributed by atoms with Gasteiger partial charge in [0.05, 0.1) is 15.7 Å². The molecule has 59 heavy (non-hydrogen) atoms. The average molecular weight is 771 g/mol. The van der Waals surface area contributed by atoms with Crippen LogP contribution in [0.4, 0.5) is 17.1 Å². The van der Waals surface area contributed by atoms with E-state index in [-0.39, 0.29) is 0 Å². The van der Waals surface area contributed by atoms with Crippen LogP contribution in [-0.2, 0) is 0 Å². The smallest absolute Gasteiger partial charge is 0.0727 e. The van der Waals surface area contributed by atoms with Crippen LogP contribution in [-0.4, -0.2) is 4.57 Å². The van der Waals surface area contributed by atoms with Gasteiger partial charge < -0.3 is 9.47 Å². The lowest BCUT2D eigenvalue weighted by Gasteiger charge is -2.26. The van der Waals surface area contributed by atoms with E-state index in [1.165, 1.54) is 75.7 Å². The van der Waals surface area contributed by atoms with Crippen LogP contribution in [0.3, 0.4) is 0 Å². The molecule has 0 atom stereocenters. The van der Waals surface area contributed by atoms with E-state index < -0.39 is 0 Å². The number of aromatic nitrogens is 1. The molecule has 0 spiro atoms. The predicted molar refractivity (Wildman–Crippen MR) is 253 cm³/mol. The summed E-state index contributed by atoms with van der Waals surface area (Å²) in [5.41, 5.74) is 16.6. The molecule has 0 fully saturated rings. The Morgan fingerprint density at radius 2 is 0.712 bits per heavy atom. The van der Waals surface area contributed by atoms with Crippen LogP contribution in [0, 0.1) is 0 Å². The number of anilines is 3. The first-order valence-electron chi connectivity index (χ1n) is 20.1. The van der Waals surface area contributed by atoms with E-state index in [1.54, 1.807) is 0 Å². The van der Waals surface area contributed by atoms with Gasteiger partial charge in [0.15, 0.2) is 0 Å². The van der Waals surface area contributed by atoms with Gasteiger partial charge in [-0.15, -0.1) is 11.3 Å². The molecule has 0 amide bonds. The van der Waals surface area contributed by atoms with E-state index in [4.69, 9.17) is 0 Å². The molecular formula is C56H38N2S. The van der Waals surface area contributed by atoms with Crippen LogP contribution in [0.2, 0.25) is 0 Å². The lowest BCUT2D eigenvalue weighted by molar-refractivity contribution is 1.19. The van der Waals surface area contributed by atoms with E-state index >= 15 is 0 Å². The van der Waals surface area contributed by atoms with Crippen molar-refractivity contribution in [1.29, 1.82) is 0 Å². The van der Waals surface area contributed by atoms with Crippen LogP contribution >= 0.6 is 11.3 Å². The molecule has 0 saturated heterocycles. The van der Waals surface area contributed by atoms with Gasteiger partial charge in [-0.2, -0.15) is 0 Å². The van der Waals surface area contributed by atoms with Gasteiger partial charge in [0.25, 0.3) is 0 Å². The minimum atomic E-state index is 1.10. The predicted octanol–water partition coefficient (Wildman–Crippen LogP) is 16.1. The van der Waals surface area contributed by atoms with Crippen molar-refractivity contribution in [1.82, 2.24) is 4.57 Å². The van der Waals surface area contributed by atoms with Crippen LogP contribution in [0.25, 0.3) is 81.4 Å². The fourth-order valence-corrected chi connectivity index (χ4v) is 9.68. The van der Waals surface area contributed by atoms with Crippen LogP contribution in [0.5, 0.6) is 0 Å². The molecule has 0 aliphatic rings. The first kappa shape index (κ1) is 34.8. The highest BCUT2D eigenvalue weighted by Gasteiger charge is 2.19. The van der Waals surface area contributed by atoms with Crippen molar-refractivity contribution < 1.29 is 0 Å². The number of hydrogen-bond donors (Lipinski definition) is 0. The molecule has 2 nitrogen and oxygen atoms in total. The molecular weight excluding hydrogens is 733 g/mol. The maximum absolute atomic E-state index is 2.45. The van der Waals surface area contributed by atoms with Crippen molar-refractivity contribution in [2.45, 2.75) is 0 Å². The van der Waals surface area contributed by atoms with Crippen molar-refractivity contribution in [3.05, 3.63) is 231 Å². The van der Waals surface area contributed by atoms with Gasteiger partial charge in [0, 0.05) is 38.2 Å². The Morgan fingerprint density at radius 1 is 0.322 bits per heavy atom. The maximum atomic E-state index is 2.45. The van der Waals surface area contributed by atoms with Gasteiger partial charge in [0.1, 0.15) is 0 Å². The third-order valence-electron chi connectivity index (χ3n) is 11.4. The molecule has 0 radical (unpaired) electrons. The SMILES string of the molecule is c1ccc(-c2ccc(N(c3ccc(-c4ccccc4)cc3)c3ccc(-c4ccc(-n5c6ccc(-c7ccccc7)cc6c6sc7ccccc7c65)cc4)cc3)cc2)cc1. The number of benzene rings is 9. The third-order valence-corrected chi connectivity index (χ3v) is 12.6. The van der Waals surface area contributed by atoms with Crippen molar-refractivity contribution in [2.24, 2.45) is 0 Å². The van der Waals surface area contributed by atoms with Gasteiger partial charge in [-0.05, 0) is 111 Å². The first-order chi connectivity index (χ1) is 29.2. The summed E-state index contributed by atoms with van der Waals surface area (Å²) < 4.78 is 5.09. The van der Waals surface area contributed by atoms with Crippen LogP contribution in [0.1, 0.15) is 0 Å². The van der Waals surface area contributed by atoms with Crippen molar-refractivity contribution in [3.8, 4) is 50.2 Å². The topological polar surface area (TPSA) is 8.17 Å². The van der Waals surface area contributed by atoms with Gasteiger partial charge >= 0.3 is 0 Å². The average Bonchev–Trinajstić information content (AvgIpc) is 3.85. The summed E-state index contributed by atoms with van der Waals surface area (Å²) in [5, 5.41) is 2.58. The minimum Gasteiger partial charge on any atom is -0.311 e. The van der Waals surface area contributed by atoms with Crippen molar-refractivity contribution in [3.63, 3.8) is 0 Å². The molecule has 0 N–H and O–H groups in total. The Balaban J connectivity index is 0.948. The van der Waals surface area contributed by atoms with Crippen LogP contribution in [0.15, 0.2) is 231 Å². The number of fused-ring (bicyclic) bond motifs is 5. The molecule has 0 saturated carbocycles.